The smallest absolute Gasteiger partial charge is 0.310 e. The molecule has 3 atom stereocenters. The van der Waals surface area contributed by atoms with Crippen molar-refractivity contribution >= 4 is 29.2 Å². The molecular formula is C10H16Cl2O3. The Labute approximate surface area is 99.4 Å². The van der Waals surface area contributed by atoms with E-state index in [1.807, 2.05) is 0 Å². The van der Waals surface area contributed by atoms with Gasteiger partial charge in [0.2, 0.25) is 0 Å². The minimum absolute atomic E-state index is 0.174. The Kier molecular flexibility index (Phi) is 3.59. The standard InChI is InChI=1S/C10H16Cl2O3/c1-9(8(14)15)4-3-6(7(11)12)10(9,2)5-13/h6-7,13H,3-5H2,1-2H3,(H,14,15)/t6-,9-,10-/m1/s1. The third-order valence-corrected chi connectivity index (χ3v) is 4.75. The molecule has 0 aromatic rings. The van der Waals surface area contributed by atoms with Crippen LogP contribution in [0.4, 0.5) is 0 Å². The first kappa shape index (κ1) is 13.1. The van der Waals surface area contributed by atoms with Crippen molar-refractivity contribution in [3.63, 3.8) is 0 Å². The molecule has 0 aromatic carbocycles. The van der Waals surface area contributed by atoms with E-state index in [0.717, 1.165) is 0 Å². The largest absolute Gasteiger partial charge is 0.481 e. The molecule has 0 aromatic heterocycles. The zero-order valence-electron chi connectivity index (χ0n) is 8.83. The lowest BCUT2D eigenvalue weighted by Crippen LogP contribution is -2.46. The highest BCUT2D eigenvalue weighted by molar-refractivity contribution is 6.44. The molecule has 88 valence electrons. The molecule has 1 saturated carbocycles. The van der Waals surface area contributed by atoms with Crippen LogP contribution >= 0.6 is 23.2 Å². The third-order valence-electron chi connectivity index (χ3n) is 4.14. The summed E-state index contributed by atoms with van der Waals surface area (Å²) in [6, 6.07) is 0. The lowest BCUT2D eigenvalue weighted by Gasteiger charge is -2.40. The van der Waals surface area contributed by atoms with E-state index in [9.17, 15) is 15.0 Å². The Hall–Kier alpha value is 0.01000. The van der Waals surface area contributed by atoms with Gasteiger partial charge in [-0.2, -0.15) is 0 Å². The zero-order valence-corrected chi connectivity index (χ0v) is 10.3. The molecule has 1 aliphatic rings. The van der Waals surface area contributed by atoms with E-state index >= 15 is 0 Å². The van der Waals surface area contributed by atoms with Gasteiger partial charge in [0.15, 0.2) is 0 Å². The number of alkyl halides is 2. The van der Waals surface area contributed by atoms with E-state index < -0.39 is 21.6 Å². The molecule has 0 amide bonds. The van der Waals surface area contributed by atoms with Crippen molar-refractivity contribution < 1.29 is 15.0 Å². The summed E-state index contributed by atoms with van der Waals surface area (Å²) in [6.45, 7) is 3.19. The van der Waals surface area contributed by atoms with Gasteiger partial charge in [0.05, 0.1) is 5.41 Å². The summed E-state index contributed by atoms with van der Waals surface area (Å²) in [4.78, 5) is 10.6. The fraction of sp³-hybridized carbons (Fsp3) is 0.900. The Morgan fingerprint density at radius 1 is 1.53 bits per heavy atom. The lowest BCUT2D eigenvalue weighted by atomic mass is 9.65. The number of aliphatic carboxylic acids is 1. The van der Waals surface area contributed by atoms with Gasteiger partial charge in [0.25, 0.3) is 0 Å². The first-order valence-corrected chi connectivity index (χ1v) is 5.79. The fourth-order valence-electron chi connectivity index (χ4n) is 2.50. The number of hydrogen-bond donors (Lipinski definition) is 2. The number of carboxylic acids is 1. The lowest BCUT2D eigenvalue weighted by molar-refractivity contribution is -0.157. The van der Waals surface area contributed by atoms with Crippen LogP contribution in [0.1, 0.15) is 26.7 Å². The van der Waals surface area contributed by atoms with Gasteiger partial charge in [-0.05, 0) is 25.7 Å². The van der Waals surface area contributed by atoms with Crippen LogP contribution in [0.3, 0.4) is 0 Å². The molecular weight excluding hydrogens is 239 g/mol. The van der Waals surface area contributed by atoms with E-state index in [2.05, 4.69) is 0 Å². The molecule has 1 fully saturated rings. The summed E-state index contributed by atoms with van der Waals surface area (Å²) in [5.74, 6) is -1.07. The maximum Gasteiger partial charge on any atom is 0.310 e. The van der Waals surface area contributed by atoms with Crippen molar-refractivity contribution in [3.05, 3.63) is 0 Å². The minimum atomic E-state index is -0.950. The van der Waals surface area contributed by atoms with Crippen LogP contribution in [-0.2, 0) is 4.79 Å². The highest BCUT2D eigenvalue weighted by atomic mass is 35.5. The quantitative estimate of drug-likeness (QED) is 0.760. The summed E-state index contributed by atoms with van der Waals surface area (Å²) >= 11 is 11.7. The van der Waals surface area contributed by atoms with Crippen molar-refractivity contribution in [3.8, 4) is 0 Å². The summed E-state index contributed by atoms with van der Waals surface area (Å²) in [5.41, 5.74) is -1.71. The molecule has 0 heterocycles. The SMILES string of the molecule is C[C@]1(C(=O)O)CC[C@H](C(Cl)Cl)[C@@]1(C)CO. The van der Waals surface area contributed by atoms with Crippen molar-refractivity contribution in [1.82, 2.24) is 0 Å². The van der Waals surface area contributed by atoms with Crippen molar-refractivity contribution in [2.75, 3.05) is 6.61 Å². The van der Waals surface area contributed by atoms with Gasteiger partial charge in [-0.15, -0.1) is 23.2 Å². The number of hydrogen-bond acceptors (Lipinski definition) is 2. The summed E-state index contributed by atoms with van der Waals surface area (Å²) in [5, 5.41) is 18.7. The van der Waals surface area contributed by atoms with E-state index in [0.29, 0.717) is 12.8 Å². The molecule has 5 heteroatoms. The van der Waals surface area contributed by atoms with Crippen LogP contribution < -0.4 is 0 Å². The van der Waals surface area contributed by atoms with Gasteiger partial charge in [-0.3, -0.25) is 4.79 Å². The first-order chi connectivity index (χ1) is 6.79. The van der Waals surface area contributed by atoms with Gasteiger partial charge in [-0.1, -0.05) is 6.92 Å². The van der Waals surface area contributed by atoms with Crippen LogP contribution in [0.25, 0.3) is 0 Å². The molecule has 2 N–H and O–H groups in total. The van der Waals surface area contributed by atoms with Gasteiger partial charge in [0.1, 0.15) is 4.84 Å². The normalized spacial score (nSPS) is 41.1. The fourth-order valence-corrected chi connectivity index (χ4v) is 3.31. The average Bonchev–Trinajstić information content (AvgIpc) is 2.42. The Morgan fingerprint density at radius 3 is 2.40 bits per heavy atom. The van der Waals surface area contributed by atoms with E-state index in [1.165, 1.54) is 0 Å². The Morgan fingerprint density at radius 2 is 2.07 bits per heavy atom. The van der Waals surface area contributed by atoms with Crippen LogP contribution in [0.2, 0.25) is 0 Å². The van der Waals surface area contributed by atoms with Gasteiger partial charge in [-0.25, -0.2) is 0 Å². The molecule has 0 saturated heterocycles. The van der Waals surface area contributed by atoms with Crippen LogP contribution in [0.5, 0.6) is 0 Å². The predicted octanol–water partition coefficient (Wildman–Crippen LogP) is 2.29. The van der Waals surface area contributed by atoms with Crippen LogP contribution in [0, 0.1) is 16.7 Å². The first-order valence-electron chi connectivity index (χ1n) is 4.92. The monoisotopic (exact) mass is 254 g/mol. The van der Waals surface area contributed by atoms with Crippen molar-refractivity contribution in [1.29, 1.82) is 0 Å². The highest BCUT2D eigenvalue weighted by Crippen LogP contribution is 2.58. The minimum Gasteiger partial charge on any atom is -0.481 e. The molecule has 0 unspecified atom stereocenters. The number of carboxylic acid groups (broad SMARTS) is 1. The Balaban J connectivity index is 3.11. The molecule has 1 rings (SSSR count). The number of carbonyl (C=O) groups is 1. The average molecular weight is 255 g/mol. The summed E-state index contributed by atoms with van der Waals surface area (Å²) < 4.78 is 0. The van der Waals surface area contributed by atoms with Crippen LogP contribution in [0.15, 0.2) is 0 Å². The molecule has 0 spiro atoms. The van der Waals surface area contributed by atoms with Crippen LogP contribution in [-0.4, -0.2) is 27.6 Å². The zero-order chi connectivity index (χ0) is 11.9. The second-order valence-electron chi connectivity index (χ2n) is 4.69. The number of aliphatic hydroxyl groups is 1. The topological polar surface area (TPSA) is 57.5 Å². The Bertz CT molecular complexity index is 269. The summed E-state index contributed by atoms with van der Waals surface area (Å²) in [7, 11) is 0. The summed E-state index contributed by atoms with van der Waals surface area (Å²) in [6.07, 6.45) is 1.14. The maximum absolute atomic E-state index is 11.3. The second kappa shape index (κ2) is 4.11. The van der Waals surface area contributed by atoms with E-state index in [4.69, 9.17) is 23.2 Å². The highest BCUT2D eigenvalue weighted by Gasteiger charge is 2.60. The molecule has 0 aliphatic heterocycles. The number of halogens is 2. The predicted molar refractivity (Wildman–Crippen MR) is 59.2 cm³/mol. The molecule has 1 aliphatic carbocycles. The van der Waals surface area contributed by atoms with Gasteiger partial charge < -0.3 is 10.2 Å². The van der Waals surface area contributed by atoms with Crippen molar-refractivity contribution in [2.45, 2.75) is 31.5 Å². The molecule has 0 bridgehead atoms. The van der Waals surface area contributed by atoms with Gasteiger partial charge >= 0.3 is 5.97 Å². The maximum atomic E-state index is 11.3. The van der Waals surface area contributed by atoms with Crippen molar-refractivity contribution in [2.24, 2.45) is 16.7 Å². The van der Waals surface area contributed by atoms with E-state index in [-0.39, 0.29) is 12.5 Å². The molecule has 15 heavy (non-hydrogen) atoms. The van der Waals surface area contributed by atoms with Gasteiger partial charge in [0, 0.05) is 12.0 Å². The molecule has 0 radical (unpaired) electrons. The second-order valence-corrected chi connectivity index (χ2v) is 5.86. The third kappa shape index (κ3) is 1.75. The number of rotatable bonds is 3. The number of aliphatic hydroxyl groups excluding tert-OH is 1. The van der Waals surface area contributed by atoms with E-state index in [1.54, 1.807) is 13.8 Å². The molecule has 3 nitrogen and oxygen atoms in total.